The number of hydrogen-bond acceptors (Lipinski definition) is 7. The minimum absolute atomic E-state index is 0.206. The standard InChI is InChI=1S/C24H25N5O2S2/c1-2-18(20(30)26-24-28-27-21(33-24)16-11-7-4-8-12-16)29-14-25-22-19(23(29)31)17(13-32-22)15-9-5-3-6-10-15/h3,5-6,9-10,13-14,16,18H,2,4,7-8,11-12H2,1H3,(H,26,28,30). The van der Waals surface area contributed by atoms with Crippen molar-refractivity contribution >= 4 is 43.9 Å². The molecular formula is C24H25N5O2S2. The Morgan fingerprint density at radius 2 is 1.97 bits per heavy atom. The van der Waals surface area contributed by atoms with E-state index in [1.807, 2.05) is 42.6 Å². The summed E-state index contributed by atoms with van der Waals surface area (Å²) < 4.78 is 1.44. The van der Waals surface area contributed by atoms with Crippen molar-refractivity contribution < 1.29 is 4.79 Å². The Morgan fingerprint density at radius 3 is 2.73 bits per heavy atom. The average Bonchev–Trinajstić information content (AvgIpc) is 3.50. The van der Waals surface area contributed by atoms with Crippen LogP contribution >= 0.6 is 22.7 Å². The number of carbonyl (C=O) groups excluding carboxylic acids is 1. The molecule has 170 valence electrons. The lowest BCUT2D eigenvalue weighted by molar-refractivity contribution is -0.119. The number of fused-ring (bicyclic) bond motifs is 1. The second-order valence-electron chi connectivity index (χ2n) is 8.35. The number of thiophene rings is 1. The van der Waals surface area contributed by atoms with Crippen LogP contribution in [0.15, 0.2) is 46.8 Å². The third kappa shape index (κ3) is 4.35. The van der Waals surface area contributed by atoms with Gasteiger partial charge in [0.05, 0.1) is 11.7 Å². The normalized spacial score (nSPS) is 15.5. The second-order valence-corrected chi connectivity index (χ2v) is 10.2. The Labute approximate surface area is 199 Å². The van der Waals surface area contributed by atoms with E-state index in [0.717, 1.165) is 29.0 Å². The van der Waals surface area contributed by atoms with Gasteiger partial charge in [-0.3, -0.25) is 19.5 Å². The number of nitrogens with zero attached hydrogens (tertiary/aromatic N) is 4. The Balaban J connectivity index is 1.42. The first kappa shape index (κ1) is 21.9. The summed E-state index contributed by atoms with van der Waals surface area (Å²) >= 11 is 2.88. The van der Waals surface area contributed by atoms with Crippen LogP contribution in [0.1, 0.15) is 62.4 Å². The Morgan fingerprint density at radius 1 is 1.18 bits per heavy atom. The Kier molecular flexibility index (Phi) is 6.32. The van der Waals surface area contributed by atoms with Crippen molar-refractivity contribution in [3.8, 4) is 11.1 Å². The first-order chi connectivity index (χ1) is 16.2. The van der Waals surface area contributed by atoms with Gasteiger partial charge < -0.3 is 0 Å². The van der Waals surface area contributed by atoms with Crippen LogP contribution in [-0.4, -0.2) is 25.7 Å². The van der Waals surface area contributed by atoms with Crippen LogP contribution in [0.2, 0.25) is 0 Å². The van der Waals surface area contributed by atoms with Crippen molar-refractivity contribution in [2.24, 2.45) is 0 Å². The van der Waals surface area contributed by atoms with Crippen molar-refractivity contribution in [2.75, 3.05) is 5.32 Å². The molecule has 5 rings (SSSR count). The molecule has 0 saturated heterocycles. The first-order valence-electron chi connectivity index (χ1n) is 11.3. The fraction of sp³-hybridized carbons (Fsp3) is 0.375. The summed E-state index contributed by atoms with van der Waals surface area (Å²) in [5, 5.41) is 15.4. The molecule has 4 aromatic rings. The van der Waals surface area contributed by atoms with Gasteiger partial charge in [-0.05, 0) is 24.8 Å². The molecule has 0 bridgehead atoms. The zero-order valence-electron chi connectivity index (χ0n) is 18.4. The molecule has 1 aliphatic carbocycles. The third-order valence-corrected chi connectivity index (χ3v) is 8.14. The van der Waals surface area contributed by atoms with Gasteiger partial charge in [-0.25, -0.2) is 4.98 Å². The number of amides is 1. The molecule has 33 heavy (non-hydrogen) atoms. The molecule has 1 aliphatic rings. The highest BCUT2D eigenvalue weighted by atomic mass is 32.1. The van der Waals surface area contributed by atoms with E-state index in [-0.39, 0.29) is 11.5 Å². The summed E-state index contributed by atoms with van der Waals surface area (Å²) in [6.07, 6.45) is 7.92. The number of anilines is 1. The van der Waals surface area contributed by atoms with Gasteiger partial charge in [-0.2, -0.15) is 0 Å². The van der Waals surface area contributed by atoms with Crippen LogP contribution in [0.4, 0.5) is 5.13 Å². The van der Waals surface area contributed by atoms with E-state index in [0.29, 0.717) is 27.7 Å². The van der Waals surface area contributed by atoms with Gasteiger partial charge in [0.1, 0.15) is 15.9 Å². The monoisotopic (exact) mass is 479 g/mol. The molecule has 1 amide bonds. The van der Waals surface area contributed by atoms with E-state index in [1.165, 1.54) is 52.8 Å². The number of carbonyl (C=O) groups is 1. The molecule has 1 N–H and O–H groups in total. The third-order valence-electron chi connectivity index (χ3n) is 6.25. The Bertz CT molecular complexity index is 1320. The Hall–Kier alpha value is -2.91. The van der Waals surface area contributed by atoms with E-state index in [2.05, 4.69) is 20.5 Å². The topological polar surface area (TPSA) is 89.8 Å². The van der Waals surface area contributed by atoms with Gasteiger partial charge in [0.2, 0.25) is 11.0 Å². The predicted molar refractivity (Wildman–Crippen MR) is 133 cm³/mol. The lowest BCUT2D eigenvalue weighted by atomic mass is 9.90. The van der Waals surface area contributed by atoms with Gasteiger partial charge in [-0.15, -0.1) is 21.5 Å². The van der Waals surface area contributed by atoms with Crippen LogP contribution in [0.5, 0.6) is 0 Å². The highest BCUT2D eigenvalue weighted by Crippen LogP contribution is 2.35. The van der Waals surface area contributed by atoms with Crippen molar-refractivity contribution in [2.45, 2.75) is 57.4 Å². The number of benzene rings is 1. The molecule has 1 saturated carbocycles. The van der Waals surface area contributed by atoms with E-state index in [4.69, 9.17) is 0 Å². The molecule has 1 aromatic carbocycles. The number of aromatic nitrogens is 4. The quantitative estimate of drug-likeness (QED) is 0.388. The summed E-state index contributed by atoms with van der Waals surface area (Å²) in [5.74, 6) is 0.164. The maximum absolute atomic E-state index is 13.5. The van der Waals surface area contributed by atoms with Crippen molar-refractivity contribution in [1.29, 1.82) is 0 Å². The predicted octanol–water partition coefficient (Wildman–Crippen LogP) is 5.61. The van der Waals surface area contributed by atoms with E-state index < -0.39 is 6.04 Å². The largest absolute Gasteiger partial charge is 0.299 e. The molecule has 0 aliphatic heterocycles. The van der Waals surface area contributed by atoms with Crippen LogP contribution in [0.3, 0.4) is 0 Å². The second kappa shape index (κ2) is 9.52. The van der Waals surface area contributed by atoms with E-state index in [9.17, 15) is 9.59 Å². The molecule has 0 radical (unpaired) electrons. The zero-order chi connectivity index (χ0) is 22.8. The molecule has 3 heterocycles. The van der Waals surface area contributed by atoms with Gasteiger partial charge in [0, 0.05) is 16.9 Å². The lowest BCUT2D eigenvalue weighted by Crippen LogP contribution is -2.33. The van der Waals surface area contributed by atoms with Gasteiger partial charge >= 0.3 is 0 Å². The fourth-order valence-corrected chi connectivity index (χ4v) is 6.32. The SMILES string of the molecule is CCC(C(=O)Nc1nnc(C2CCCCC2)s1)n1cnc2scc(-c3ccccc3)c2c1=O. The van der Waals surface area contributed by atoms with Crippen LogP contribution in [0, 0.1) is 0 Å². The lowest BCUT2D eigenvalue weighted by Gasteiger charge is -2.18. The highest BCUT2D eigenvalue weighted by molar-refractivity contribution is 7.17. The van der Waals surface area contributed by atoms with E-state index >= 15 is 0 Å². The summed E-state index contributed by atoms with van der Waals surface area (Å²) in [4.78, 5) is 31.8. The molecule has 3 aromatic heterocycles. The molecule has 1 fully saturated rings. The zero-order valence-corrected chi connectivity index (χ0v) is 20.0. The van der Waals surface area contributed by atoms with Gasteiger partial charge in [0.15, 0.2) is 0 Å². The molecule has 7 nitrogen and oxygen atoms in total. The van der Waals surface area contributed by atoms with Crippen LogP contribution < -0.4 is 10.9 Å². The van der Waals surface area contributed by atoms with E-state index in [1.54, 1.807) is 0 Å². The smallest absolute Gasteiger partial charge is 0.263 e. The van der Waals surface area contributed by atoms with Crippen LogP contribution in [0.25, 0.3) is 21.3 Å². The molecule has 1 atom stereocenters. The summed E-state index contributed by atoms with van der Waals surface area (Å²) in [5.41, 5.74) is 1.60. The van der Waals surface area contributed by atoms with Crippen molar-refractivity contribution in [1.82, 2.24) is 19.7 Å². The maximum atomic E-state index is 13.5. The summed E-state index contributed by atoms with van der Waals surface area (Å²) in [6, 6.07) is 9.10. The summed E-state index contributed by atoms with van der Waals surface area (Å²) in [7, 11) is 0. The first-order valence-corrected chi connectivity index (χ1v) is 13.0. The molecule has 0 spiro atoms. The number of hydrogen-bond donors (Lipinski definition) is 1. The van der Waals surface area contributed by atoms with Crippen molar-refractivity contribution in [3.05, 3.63) is 57.4 Å². The van der Waals surface area contributed by atoms with Crippen LogP contribution in [-0.2, 0) is 4.79 Å². The maximum Gasteiger partial charge on any atom is 0.263 e. The fourth-order valence-electron chi connectivity index (χ4n) is 4.49. The molecular weight excluding hydrogens is 454 g/mol. The van der Waals surface area contributed by atoms with Crippen molar-refractivity contribution in [3.63, 3.8) is 0 Å². The molecule has 9 heteroatoms. The minimum Gasteiger partial charge on any atom is -0.299 e. The number of nitrogens with one attached hydrogen (secondary N) is 1. The minimum atomic E-state index is -0.681. The highest BCUT2D eigenvalue weighted by Gasteiger charge is 2.25. The molecule has 1 unspecified atom stereocenters. The number of rotatable bonds is 6. The average molecular weight is 480 g/mol. The van der Waals surface area contributed by atoms with Gasteiger partial charge in [0.25, 0.3) is 5.56 Å². The van der Waals surface area contributed by atoms with Gasteiger partial charge in [-0.1, -0.05) is 67.9 Å². The summed E-state index contributed by atoms with van der Waals surface area (Å²) in [6.45, 7) is 1.89.